The number of benzene rings is 2. The van der Waals surface area contributed by atoms with E-state index in [9.17, 15) is 13.6 Å². The van der Waals surface area contributed by atoms with Gasteiger partial charge in [0.25, 0.3) is 5.56 Å². The molecule has 1 heterocycles. The van der Waals surface area contributed by atoms with Crippen molar-refractivity contribution in [2.24, 2.45) is 5.41 Å². The van der Waals surface area contributed by atoms with Gasteiger partial charge >= 0.3 is 0 Å². The molecule has 0 spiro atoms. The lowest BCUT2D eigenvalue weighted by Gasteiger charge is -2.36. The smallest absolute Gasteiger partial charge is 0.275 e. The zero-order chi connectivity index (χ0) is 21.4. The minimum Gasteiger partial charge on any atom is -0.277 e. The summed E-state index contributed by atoms with van der Waals surface area (Å²) in [5, 5.41) is 0.630. The van der Waals surface area contributed by atoms with Gasteiger partial charge < -0.3 is 0 Å². The maximum atomic E-state index is 14.8. The minimum atomic E-state index is -0.748. The molecule has 30 heavy (non-hydrogen) atoms. The summed E-state index contributed by atoms with van der Waals surface area (Å²) in [6.07, 6.45) is 1.93. The zero-order valence-corrected chi connectivity index (χ0v) is 17.9. The number of hydrogen-bond acceptors (Lipinski definition) is 1. The monoisotopic (exact) mass is 428 g/mol. The normalized spacial score (nSPS) is 23.7. The van der Waals surface area contributed by atoms with Crippen molar-refractivity contribution in [2.45, 2.75) is 51.5 Å². The van der Waals surface area contributed by atoms with Crippen molar-refractivity contribution in [3.63, 3.8) is 0 Å². The molecular formula is C24H23ClF2N2O. The predicted octanol–water partition coefficient (Wildman–Crippen LogP) is 5.79. The summed E-state index contributed by atoms with van der Waals surface area (Å²) in [5.41, 5.74) is 2.34. The van der Waals surface area contributed by atoms with Crippen LogP contribution in [-0.2, 0) is 12.0 Å². The highest BCUT2D eigenvalue weighted by Gasteiger charge is 2.62. The molecule has 0 saturated heterocycles. The van der Waals surface area contributed by atoms with Gasteiger partial charge in [-0.2, -0.15) is 0 Å². The lowest BCUT2D eigenvalue weighted by atomic mass is 9.70. The van der Waals surface area contributed by atoms with Crippen molar-refractivity contribution in [3.8, 4) is 5.69 Å². The molecule has 3 nitrogen and oxygen atoms in total. The molecule has 0 unspecified atom stereocenters. The summed E-state index contributed by atoms with van der Waals surface area (Å²) in [7, 11) is 0. The van der Waals surface area contributed by atoms with Crippen LogP contribution in [0.1, 0.15) is 56.4 Å². The quantitative estimate of drug-likeness (QED) is 0.518. The number of rotatable bonds is 3. The summed E-state index contributed by atoms with van der Waals surface area (Å²) in [6, 6.07) is 10.8. The van der Waals surface area contributed by atoms with Crippen LogP contribution in [0.5, 0.6) is 0 Å². The van der Waals surface area contributed by atoms with Crippen molar-refractivity contribution in [3.05, 3.63) is 86.3 Å². The van der Waals surface area contributed by atoms with Crippen LogP contribution in [-0.4, -0.2) is 9.36 Å². The molecule has 2 aliphatic carbocycles. The molecule has 5 rings (SSSR count). The van der Waals surface area contributed by atoms with Gasteiger partial charge in [-0.05, 0) is 54.0 Å². The Morgan fingerprint density at radius 2 is 1.80 bits per heavy atom. The van der Waals surface area contributed by atoms with Gasteiger partial charge in [-0.1, -0.05) is 44.5 Å². The Hall–Kier alpha value is -2.40. The van der Waals surface area contributed by atoms with E-state index in [-0.39, 0.29) is 28.0 Å². The number of nitrogens with zero attached hydrogens (tertiary/aromatic N) is 2. The average Bonchev–Trinajstić information content (AvgIpc) is 3.16. The summed E-state index contributed by atoms with van der Waals surface area (Å²) in [6.45, 7) is 7.05. The largest absolute Gasteiger partial charge is 0.277 e. The topological polar surface area (TPSA) is 26.9 Å². The van der Waals surface area contributed by atoms with Gasteiger partial charge in [0.2, 0.25) is 0 Å². The van der Waals surface area contributed by atoms with Crippen LogP contribution >= 0.6 is 11.6 Å². The molecule has 1 fully saturated rings. The van der Waals surface area contributed by atoms with E-state index in [0.29, 0.717) is 11.6 Å². The lowest BCUT2D eigenvalue weighted by molar-refractivity contribution is 0.216. The van der Waals surface area contributed by atoms with Crippen LogP contribution in [0.2, 0.25) is 5.02 Å². The fourth-order valence-electron chi connectivity index (χ4n) is 5.69. The van der Waals surface area contributed by atoms with Crippen LogP contribution in [0.15, 0.2) is 47.3 Å². The molecule has 0 amide bonds. The van der Waals surface area contributed by atoms with E-state index in [0.717, 1.165) is 35.7 Å². The van der Waals surface area contributed by atoms with Gasteiger partial charge in [-0.25, -0.2) is 13.5 Å². The number of halogens is 3. The van der Waals surface area contributed by atoms with E-state index in [2.05, 4.69) is 20.8 Å². The number of aromatic nitrogens is 2. The fourth-order valence-corrected chi connectivity index (χ4v) is 5.82. The van der Waals surface area contributed by atoms with Gasteiger partial charge in [0, 0.05) is 22.1 Å². The first-order valence-corrected chi connectivity index (χ1v) is 10.6. The molecular weight excluding hydrogens is 406 g/mol. The Labute approximate surface area is 178 Å². The second-order valence-electron chi connectivity index (χ2n) is 9.30. The second-order valence-corrected chi connectivity index (χ2v) is 9.74. The highest BCUT2D eigenvalue weighted by atomic mass is 35.5. The van der Waals surface area contributed by atoms with Crippen molar-refractivity contribution in [1.29, 1.82) is 0 Å². The first kappa shape index (κ1) is 19.6. The van der Waals surface area contributed by atoms with E-state index in [4.69, 9.17) is 11.6 Å². The Balaban J connectivity index is 1.79. The van der Waals surface area contributed by atoms with Crippen LogP contribution in [0.25, 0.3) is 5.69 Å². The van der Waals surface area contributed by atoms with Gasteiger partial charge in [-0.3, -0.25) is 9.48 Å². The Bertz CT molecular complexity index is 1230. The fraction of sp³-hybridized carbons (Fsp3) is 0.375. The van der Waals surface area contributed by atoms with Crippen molar-refractivity contribution in [1.82, 2.24) is 9.36 Å². The van der Waals surface area contributed by atoms with Gasteiger partial charge in [-0.15, -0.1) is 0 Å². The molecule has 2 bridgehead atoms. The molecule has 156 valence electrons. The van der Waals surface area contributed by atoms with Crippen LogP contribution < -0.4 is 5.56 Å². The molecule has 0 aliphatic heterocycles. The molecule has 1 aromatic heterocycles. The molecule has 2 atom stereocenters. The summed E-state index contributed by atoms with van der Waals surface area (Å²) < 4.78 is 31.6. The van der Waals surface area contributed by atoms with Gasteiger partial charge in [0.05, 0.1) is 12.2 Å². The highest BCUT2D eigenvalue weighted by molar-refractivity contribution is 6.30. The van der Waals surface area contributed by atoms with E-state index >= 15 is 0 Å². The van der Waals surface area contributed by atoms with E-state index < -0.39 is 11.6 Å². The Kier molecular flexibility index (Phi) is 4.11. The number of hydrogen-bond donors (Lipinski definition) is 0. The van der Waals surface area contributed by atoms with Crippen molar-refractivity contribution >= 4 is 11.6 Å². The highest BCUT2D eigenvalue weighted by Crippen LogP contribution is 2.67. The summed E-state index contributed by atoms with van der Waals surface area (Å²) >= 11 is 6.04. The third-order valence-electron chi connectivity index (χ3n) is 7.66. The molecule has 2 aromatic carbocycles. The maximum Gasteiger partial charge on any atom is 0.275 e. The SMILES string of the molecule is CC1(C)[C@@H]2CC[C@@]1(C)c1c2c(=O)n(-c2ccc(F)cc2F)n1Cc1ccc(Cl)cc1. The Morgan fingerprint density at radius 1 is 1.10 bits per heavy atom. The van der Waals surface area contributed by atoms with E-state index in [1.54, 1.807) is 12.1 Å². The van der Waals surface area contributed by atoms with Crippen LogP contribution in [0.3, 0.4) is 0 Å². The first-order valence-electron chi connectivity index (χ1n) is 10.2. The van der Waals surface area contributed by atoms with Gasteiger partial charge in [0.15, 0.2) is 5.82 Å². The molecule has 1 saturated carbocycles. The van der Waals surface area contributed by atoms with E-state index in [1.165, 1.54) is 16.8 Å². The van der Waals surface area contributed by atoms with Gasteiger partial charge in [0.1, 0.15) is 11.5 Å². The minimum absolute atomic E-state index is 0.0565. The van der Waals surface area contributed by atoms with Crippen molar-refractivity contribution in [2.75, 3.05) is 0 Å². The molecule has 6 heteroatoms. The standard InChI is InChI=1S/C24H23ClF2N2O/c1-23(2)17-10-11-24(23,3)21-20(17)22(30)29(19-9-8-16(26)12-18(19)27)28(21)13-14-4-6-15(25)7-5-14/h4-9,12,17H,10-11,13H2,1-3H3/t17-,24+/m1/s1. The third-order valence-corrected chi connectivity index (χ3v) is 7.91. The first-order chi connectivity index (χ1) is 14.1. The molecule has 0 radical (unpaired) electrons. The average molecular weight is 429 g/mol. The van der Waals surface area contributed by atoms with Crippen LogP contribution in [0, 0.1) is 17.0 Å². The summed E-state index contributed by atoms with van der Waals surface area (Å²) in [5.74, 6) is -1.28. The Morgan fingerprint density at radius 3 is 2.47 bits per heavy atom. The van der Waals surface area contributed by atoms with Crippen LogP contribution in [0.4, 0.5) is 8.78 Å². The lowest BCUT2D eigenvalue weighted by Crippen LogP contribution is -2.36. The summed E-state index contributed by atoms with van der Waals surface area (Å²) in [4.78, 5) is 13.6. The second kappa shape index (κ2) is 6.30. The van der Waals surface area contributed by atoms with E-state index in [1.807, 2.05) is 16.8 Å². The molecule has 2 aliphatic rings. The molecule has 3 aromatic rings. The number of fused-ring (bicyclic) bond motifs is 5. The zero-order valence-electron chi connectivity index (χ0n) is 17.2. The predicted molar refractivity (Wildman–Crippen MR) is 114 cm³/mol. The molecule has 0 N–H and O–H groups in total. The van der Waals surface area contributed by atoms with Crippen molar-refractivity contribution < 1.29 is 8.78 Å². The third kappa shape index (κ3) is 2.45. The maximum absolute atomic E-state index is 14.8.